The van der Waals surface area contributed by atoms with E-state index in [1.165, 1.54) is 12.1 Å². The summed E-state index contributed by atoms with van der Waals surface area (Å²) >= 11 is 0. The Morgan fingerprint density at radius 3 is 2.46 bits per heavy atom. The van der Waals surface area contributed by atoms with Gasteiger partial charge in [-0.25, -0.2) is 4.31 Å². The quantitative estimate of drug-likeness (QED) is 0.692. The zero-order valence-electron chi connectivity index (χ0n) is 15.4. The van der Waals surface area contributed by atoms with Crippen LogP contribution in [0.15, 0.2) is 18.2 Å². The van der Waals surface area contributed by atoms with Crippen LogP contribution < -0.4 is 8.92 Å². The molecule has 0 radical (unpaired) electrons. The second-order valence-electron chi connectivity index (χ2n) is 6.43. The Bertz CT molecular complexity index is 816. The number of ether oxygens (including phenoxy) is 2. The lowest BCUT2D eigenvalue weighted by molar-refractivity contribution is -0.168. The Balaban J connectivity index is 2.27. The number of fused-ring (bicyclic) bond motifs is 1. The summed E-state index contributed by atoms with van der Waals surface area (Å²) in [6.07, 6.45) is -0.563. The number of esters is 1. The summed E-state index contributed by atoms with van der Waals surface area (Å²) in [7, 11) is -3.12. The minimum atomic E-state index is -4.26. The first-order valence-electron chi connectivity index (χ1n) is 8.24. The molecule has 0 aliphatic carbocycles. The maximum Gasteiger partial charge on any atom is 0.411 e. The zero-order chi connectivity index (χ0) is 19.7. The second kappa shape index (κ2) is 7.14. The average Bonchev–Trinajstić information content (AvgIpc) is 2.83. The van der Waals surface area contributed by atoms with Crippen molar-refractivity contribution < 1.29 is 31.7 Å². The fourth-order valence-corrected chi connectivity index (χ4v) is 3.29. The van der Waals surface area contributed by atoms with Gasteiger partial charge in [0.25, 0.3) is 6.29 Å². The van der Waals surface area contributed by atoms with E-state index in [0.29, 0.717) is 15.6 Å². The highest BCUT2D eigenvalue weighted by molar-refractivity contribution is 7.85. The topological polar surface area (TPSA) is 99.2 Å². The number of nitrogens with zero attached hydrogens (tertiary/aromatic N) is 1. The molecule has 1 amide bonds. The lowest BCUT2D eigenvalue weighted by Gasteiger charge is -2.25. The van der Waals surface area contributed by atoms with Crippen LogP contribution in [0.5, 0.6) is 11.5 Å². The molecule has 8 nitrogen and oxygen atoms in total. The molecule has 0 saturated carbocycles. The van der Waals surface area contributed by atoms with E-state index in [9.17, 15) is 18.0 Å². The van der Waals surface area contributed by atoms with Crippen LogP contribution in [0.3, 0.4) is 0 Å². The molecule has 0 spiro atoms. The van der Waals surface area contributed by atoms with Crippen LogP contribution >= 0.6 is 0 Å². The normalized spacial score (nSPS) is 17.8. The van der Waals surface area contributed by atoms with Crippen molar-refractivity contribution in [2.75, 3.05) is 7.05 Å². The predicted octanol–water partition coefficient (Wildman–Crippen LogP) is 2.13. The number of benzene rings is 1. The molecular weight excluding hydrogens is 362 g/mol. The third-order valence-corrected chi connectivity index (χ3v) is 5.46. The first-order chi connectivity index (χ1) is 12.0. The second-order valence-corrected chi connectivity index (χ2v) is 8.00. The monoisotopic (exact) mass is 385 g/mol. The summed E-state index contributed by atoms with van der Waals surface area (Å²) in [6, 6.07) is 4.47. The van der Waals surface area contributed by atoms with Gasteiger partial charge in [-0.3, -0.25) is 9.59 Å². The van der Waals surface area contributed by atoms with Gasteiger partial charge in [0.1, 0.15) is 11.5 Å². The van der Waals surface area contributed by atoms with Gasteiger partial charge in [0.15, 0.2) is 0 Å². The summed E-state index contributed by atoms with van der Waals surface area (Å²) in [5.74, 6) is -0.457. The first-order valence-corrected chi connectivity index (χ1v) is 9.61. The fourth-order valence-electron chi connectivity index (χ4n) is 2.46. The smallest absolute Gasteiger partial charge is 0.411 e. The van der Waals surface area contributed by atoms with E-state index in [1.54, 1.807) is 19.9 Å². The molecular formula is C17H23NO7S. The van der Waals surface area contributed by atoms with Crippen molar-refractivity contribution in [1.82, 2.24) is 4.31 Å². The van der Waals surface area contributed by atoms with Crippen LogP contribution in [0.25, 0.3) is 0 Å². The minimum Gasteiger partial charge on any atom is -0.454 e. The number of rotatable bonds is 6. The lowest BCUT2D eigenvalue weighted by atomic mass is 9.85. The molecule has 1 aliphatic rings. The number of carbonyl (C=O) groups is 2. The van der Waals surface area contributed by atoms with E-state index < -0.39 is 33.9 Å². The molecule has 0 N–H and O–H groups in total. The molecule has 144 valence electrons. The van der Waals surface area contributed by atoms with Gasteiger partial charge in [-0.1, -0.05) is 13.8 Å². The molecule has 26 heavy (non-hydrogen) atoms. The third kappa shape index (κ3) is 3.77. The van der Waals surface area contributed by atoms with Gasteiger partial charge < -0.3 is 13.7 Å². The van der Waals surface area contributed by atoms with E-state index >= 15 is 0 Å². The number of carbonyl (C=O) groups excluding carboxylic acids is 2. The van der Waals surface area contributed by atoms with Crippen molar-refractivity contribution in [3.8, 4) is 11.5 Å². The zero-order valence-corrected chi connectivity index (χ0v) is 16.3. The molecule has 2 rings (SSSR count). The molecule has 0 aromatic heterocycles. The maximum absolute atomic E-state index is 12.2. The van der Waals surface area contributed by atoms with Crippen LogP contribution in [-0.2, 0) is 30.0 Å². The average molecular weight is 385 g/mol. The van der Waals surface area contributed by atoms with Crippen LogP contribution in [0, 0.1) is 0 Å². The summed E-state index contributed by atoms with van der Waals surface area (Å²) in [5, 5.41) is 0. The van der Waals surface area contributed by atoms with Crippen molar-refractivity contribution in [3.63, 3.8) is 0 Å². The molecule has 1 aliphatic heterocycles. The summed E-state index contributed by atoms with van der Waals surface area (Å²) in [5.41, 5.74) is -0.0578. The van der Waals surface area contributed by atoms with Crippen molar-refractivity contribution >= 4 is 22.2 Å². The number of amides is 1. The van der Waals surface area contributed by atoms with Gasteiger partial charge in [-0.2, -0.15) is 8.42 Å². The van der Waals surface area contributed by atoms with E-state index in [2.05, 4.69) is 0 Å². The maximum atomic E-state index is 12.2. The predicted molar refractivity (Wildman–Crippen MR) is 92.9 cm³/mol. The van der Waals surface area contributed by atoms with Crippen LogP contribution in [0.1, 0.15) is 46.1 Å². The van der Waals surface area contributed by atoms with Crippen molar-refractivity contribution in [1.29, 1.82) is 0 Å². The fraction of sp³-hybridized carbons (Fsp3) is 0.529. The molecule has 0 saturated heterocycles. The van der Waals surface area contributed by atoms with Crippen molar-refractivity contribution in [2.24, 2.45) is 0 Å². The van der Waals surface area contributed by atoms with Gasteiger partial charge in [0.05, 0.1) is 5.41 Å². The molecule has 0 bridgehead atoms. The molecule has 1 aromatic carbocycles. The first kappa shape index (κ1) is 20.0. The Morgan fingerprint density at radius 1 is 1.23 bits per heavy atom. The molecule has 1 atom stereocenters. The van der Waals surface area contributed by atoms with E-state index in [4.69, 9.17) is 13.7 Å². The summed E-state index contributed by atoms with van der Waals surface area (Å²) in [4.78, 5) is 23.2. The van der Waals surface area contributed by atoms with Crippen molar-refractivity contribution in [3.05, 3.63) is 23.8 Å². The summed E-state index contributed by atoms with van der Waals surface area (Å²) < 4.78 is 41.0. The Kier molecular flexibility index (Phi) is 5.50. The minimum absolute atomic E-state index is 0.0363. The molecule has 1 heterocycles. The Labute approximate surface area is 153 Å². The van der Waals surface area contributed by atoms with Crippen LogP contribution in [-0.4, -0.2) is 37.9 Å². The molecule has 1 aromatic rings. The van der Waals surface area contributed by atoms with Gasteiger partial charge in [-0.15, -0.1) is 0 Å². The van der Waals surface area contributed by atoms with Crippen LogP contribution in [0.4, 0.5) is 0 Å². The van der Waals surface area contributed by atoms with E-state index in [0.717, 1.165) is 7.05 Å². The van der Waals surface area contributed by atoms with Gasteiger partial charge >= 0.3 is 16.3 Å². The molecule has 9 heteroatoms. The third-order valence-electron chi connectivity index (χ3n) is 4.19. The van der Waals surface area contributed by atoms with Gasteiger partial charge in [-0.05, 0) is 32.0 Å². The molecule has 1 unspecified atom stereocenters. The Hall–Kier alpha value is -2.29. The Morgan fingerprint density at radius 2 is 1.88 bits per heavy atom. The largest absolute Gasteiger partial charge is 0.454 e. The SMILES string of the molecule is CCC(=O)OC1Oc2ccc(OS(=O)(=O)N(C)C(=O)CC)cc2C1(C)C. The van der Waals surface area contributed by atoms with Crippen molar-refractivity contribution in [2.45, 2.75) is 52.2 Å². The van der Waals surface area contributed by atoms with E-state index in [1.807, 2.05) is 13.8 Å². The molecule has 0 fully saturated rings. The number of hydrogen-bond donors (Lipinski definition) is 0. The van der Waals surface area contributed by atoms with Crippen LogP contribution in [0.2, 0.25) is 0 Å². The van der Waals surface area contributed by atoms with Gasteiger partial charge in [0, 0.05) is 25.5 Å². The number of hydrogen-bond acceptors (Lipinski definition) is 7. The van der Waals surface area contributed by atoms with Gasteiger partial charge in [0.2, 0.25) is 5.91 Å². The lowest BCUT2D eigenvalue weighted by Crippen LogP contribution is -2.36. The highest BCUT2D eigenvalue weighted by Gasteiger charge is 2.44. The summed E-state index contributed by atoms with van der Waals surface area (Å²) in [6.45, 7) is 6.87. The highest BCUT2D eigenvalue weighted by atomic mass is 32.2. The van der Waals surface area contributed by atoms with E-state index in [-0.39, 0.29) is 18.6 Å². The highest BCUT2D eigenvalue weighted by Crippen LogP contribution is 2.45. The standard InChI is InChI=1S/C17H23NO7S/c1-6-14(19)18(5)26(21,22)25-11-8-9-13-12(10-11)17(3,4)16(23-13)24-15(20)7-2/h8-10,16H,6-7H2,1-5H3.